The summed E-state index contributed by atoms with van der Waals surface area (Å²) in [7, 11) is 0. The van der Waals surface area contributed by atoms with Crippen molar-refractivity contribution in [2.75, 3.05) is 11.9 Å². The number of hydrogen-bond acceptors (Lipinski definition) is 6. The second-order valence-corrected chi connectivity index (χ2v) is 4.42. The van der Waals surface area contributed by atoms with Crippen molar-refractivity contribution in [2.24, 2.45) is 0 Å². The predicted octanol–water partition coefficient (Wildman–Crippen LogP) is 2.68. The Labute approximate surface area is 118 Å². The van der Waals surface area contributed by atoms with Crippen molar-refractivity contribution in [2.45, 2.75) is 6.92 Å². The highest BCUT2D eigenvalue weighted by molar-refractivity contribution is 5.90. The lowest BCUT2D eigenvalue weighted by molar-refractivity contribution is -0.384. The number of rotatable bonds is 3. The number of nitro groups is 1. The molecule has 106 valence electrons. The van der Waals surface area contributed by atoms with E-state index in [0.717, 1.165) is 0 Å². The van der Waals surface area contributed by atoms with Crippen molar-refractivity contribution >= 4 is 33.6 Å². The van der Waals surface area contributed by atoms with Crippen molar-refractivity contribution < 1.29 is 9.34 Å². The zero-order valence-corrected chi connectivity index (χ0v) is 11.1. The van der Waals surface area contributed by atoms with E-state index in [1.807, 2.05) is 0 Å². The molecule has 7 heteroatoms. The molecule has 3 rings (SSSR count). The van der Waals surface area contributed by atoms with Crippen LogP contribution in [0, 0.1) is 10.1 Å². The van der Waals surface area contributed by atoms with Gasteiger partial charge < -0.3 is 9.73 Å². The molecule has 21 heavy (non-hydrogen) atoms. The maximum absolute atomic E-state index is 12.4. The van der Waals surface area contributed by atoms with Gasteiger partial charge in [0.25, 0.3) is 0 Å². The molecular weight excluding hydrogens is 274 g/mol. The molecule has 3 aromatic rings. The largest absolute Gasteiger partial charge is 0.437 e. The molecule has 0 fully saturated rings. The fraction of sp³-hybridized carbons (Fsp3) is 0.143. The van der Waals surface area contributed by atoms with Gasteiger partial charge in [0.2, 0.25) is 17.0 Å². The first-order valence-corrected chi connectivity index (χ1v) is 6.36. The first-order valence-electron chi connectivity index (χ1n) is 6.36. The predicted molar refractivity (Wildman–Crippen MR) is 78.6 cm³/mol. The average molecular weight is 285 g/mol. The van der Waals surface area contributed by atoms with Gasteiger partial charge in [0.05, 0.1) is 15.7 Å². The number of hydrogen-bond donors (Lipinski definition) is 1. The Balaban J connectivity index is 2.43. The van der Waals surface area contributed by atoms with Gasteiger partial charge in [0.1, 0.15) is 5.58 Å². The number of aromatic nitrogens is 1. The van der Waals surface area contributed by atoms with E-state index in [-0.39, 0.29) is 28.0 Å². The third-order valence-corrected chi connectivity index (χ3v) is 3.09. The summed E-state index contributed by atoms with van der Waals surface area (Å²) >= 11 is 0. The Bertz CT molecular complexity index is 917. The highest BCUT2D eigenvalue weighted by atomic mass is 16.6. The summed E-state index contributed by atoms with van der Waals surface area (Å²) in [6, 6.07) is 7.93. The van der Waals surface area contributed by atoms with Crippen molar-refractivity contribution in [3.05, 3.63) is 50.7 Å². The van der Waals surface area contributed by atoms with Crippen LogP contribution in [0.4, 0.5) is 11.5 Å². The molecule has 2 heterocycles. The summed E-state index contributed by atoms with van der Waals surface area (Å²) in [5.74, 6) is 0.0911. The third-order valence-electron chi connectivity index (χ3n) is 3.09. The summed E-state index contributed by atoms with van der Waals surface area (Å²) in [6.07, 6.45) is 0. The fourth-order valence-electron chi connectivity index (χ4n) is 2.16. The van der Waals surface area contributed by atoms with Crippen LogP contribution in [0.1, 0.15) is 6.92 Å². The minimum Gasteiger partial charge on any atom is -0.437 e. The van der Waals surface area contributed by atoms with Crippen LogP contribution in [0.3, 0.4) is 0 Å². The van der Waals surface area contributed by atoms with E-state index in [4.69, 9.17) is 4.42 Å². The minimum absolute atomic E-state index is 0.0836. The number of pyridine rings is 1. The van der Waals surface area contributed by atoms with Gasteiger partial charge in [-0.2, -0.15) is 4.98 Å². The first-order chi connectivity index (χ1) is 10.1. The van der Waals surface area contributed by atoms with Gasteiger partial charge in [-0.05, 0) is 19.1 Å². The second-order valence-electron chi connectivity index (χ2n) is 4.42. The lowest BCUT2D eigenvalue weighted by Crippen LogP contribution is -2.08. The molecule has 0 unspecified atom stereocenters. The highest BCUT2D eigenvalue weighted by Gasteiger charge is 2.20. The van der Waals surface area contributed by atoms with Crippen molar-refractivity contribution in [3.63, 3.8) is 0 Å². The molecule has 0 saturated carbocycles. The minimum atomic E-state index is -0.570. The summed E-state index contributed by atoms with van der Waals surface area (Å²) in [5.41, 5.74) is -0.0866. The van der Waals surface area contributed by atoms with Crippen LogP contribution in [0.2, 0.25) is 0 Å². The molecule has 0 spiro atoms. The van der Waals surface area contributed by atoms with E-state index in [1.54, 1.807) is 31.2 Å². The van der Waals surface area contributed by atoms with E-state index in [9.17, 15) is 14.9 Å². The zero-order valence-electron chi connectivity index (χ0n) is 11.1. The molecule has 0 atom stereocenters. The number of nitrogens with zero attached hydrogens (tertiary/aromatic N) is 2. The topological polar surface area (TPSA) is 98.3 Å². The average Bonchev–Trinajstić information content (AvgIpc) is 2.47. The number of anilines is 1. The van der Waals surface area contributed by atoms with Gasteiger partial charge in [0, 0.05) is 12.6 Å². The smallest absolute Gasteiger partial charge is 0.312 e. The van der Waals surface area contributed by atoms with Crippen LogP contribution in [-0.4, -0.2) is 16.5 Å². The Morgan fingerprint density at radius 1 is 1.33 bits per heavy atom. The van der Waals surface area contributed by atoms with Crippen molar-refractivity contribution in [1.29, 1.82) is 0 Å². The summed E-state index contributed by atoms with van der Waals surface area (Å²) in [6.45, 7) is 2.27. The molecule has 1 N–H and O–H groups in total. The normalized spacial score (nSPS) is 10.9. The number of para-hydroxylation sites is 1. The van der Waals surface area contributed by atoms with Crippen LogP contribution >= 0.6 is 0 Å². The lowest BCUT2D eigenvalue weighted by Gasteiger charge is -2.05. The maximum Gasteiger partial charge on any atom is 0.312 e. The number of benzene rings is 1. The fourth-order valence-corrected chi connectivity index (χ4v) is 2.16. The van der Waals surface area contributed by atoms with Crippen LogP contribution in [0.25, 0.3) is 22.1 Å². The molecule has 1 aromatic carbocycles. The Morgan fingerprint density at radius 2 is 2.10 bits per heavy atom. The quantitative estimate of drug-likeness (QED) is 0.451. The van der Waals surface area contributed by atoms with Crippen LogP contribution < -0.4 is 10.7 Å². The monoisotopic (exact) mass is 285 g/mol. The van der Waals surface area contributed by atoms with Crippen LogP contribution in [0.15, 0.2) is 39.5 Å². The summed E-state index contributed by atoms with van der Waals surface area (Å²) < 4.78 is 5.58. The molecule has 0 bridgehead atoms. The van der Waals surface area contributed by atoms with Crippen molar-refractivity contribution in [3.8, 4) is 0 Å². The number of nitrogens with one attached hydrogen (secondary N) is 1. The van der Waals surface area contributed by atoms with Gasteiger partial charge in [-0.15, -0.1) is 0 Å². The molecule has 0 aliphatic carbocycles. The SMILES string of the molecule is CCNc1nc2oc3ccccc3c(=O)c2cc1[N+](=O)[O-]. The third kappa shape index (κ3) is 2.08. The van der Waals surface area contributed by atoms with Gasteiger partial charge in [-0.3, -0.25) is 14.9 Å². The molecule has 7 nitrogen and oxygen atoms in total. The standard InChI is InChI=1S/C14H11N3O4/c1-2-15-13-10(17(19)20)7-9-12(18)8-5-3-4-6-11(8)21-14(9)16-13/h3-7H,2H2,1H3,(H,15,16). The Morgan fingerprint density at radius 3 is 2.81 bits per heavy atom. The van der Waals surface area contributed by atoms with E-state index < -0.39 is 4.92 Å². The molecule has 0 radical (unpaired) electrons. The van der Waals surface area contributed by atoms with Gasteiger partial charge >= 0.3 is 5.69 Å². The van der Waals surface area contributed by atoms with Crippen molar-refractivity contribution in [1.82, 2.24) is 4.98 Å². The van der Waals surface area contributed by atoms with E-state index >= 15 is 0 Å². The van der Waals surface area contributed by atoms with Crippen LogP contribution in [-0.2, 0) is 0 Å². The summed E-state index contributed by atoms with van der Waals surface area (Å²) in [5, 5.41) is 14.4. The van der Waals surface area contributed by atoms with E-state index in [2.05, 4.69) is 10.3 Å². The molecule has 0 amide bonds. The lowest BCUT2D eigenvalue weighted by atomic mass is 10.2. The highest BCUT2D eigenvalue weighted by Crippen LogP contribution is 2.27. The van der Waals surface area contributed by atoms with Gasteiger partial charge in [-0.25, -0.2) is 0 Å². The summed E-state index contributed by atoms with van der Waals surface area (Å²) in [4.78, 5) is 27.0. The molecule has 2 aromatic heterocycles. The molecular formula is C14H11N3O4. The van der Waals surface area contributed by atoms with E-state index in [1.165, 1.54) is 6.07 Å². The van der Waals surface area contributed by atoms with Gasteiger partial charge in [0.15, 0.2) is 0 Å². The van der Waals surface area contributed by atoms with Crippen LogP contribution in [0.5, 0.6) is 0 Å². The first kappa shape index (κ1) is 13.0. The number of fused-ring (bicyclic) bond motifs is 2. The second kappa shape index (κ2) is 4.86. The Hall–Kier alpha value is -2.96. The zero-order chi connectivity index (χ0) is 15.0. The van der Waals surface area contributed by atoms with E-state index in [0.29, 0.717) is 17.5 Å². The Kier molecular flexibility index (Phi) is 3.02. The molecule has 0 saturated heterocycles. The van der Waals surface area contributed by atoms with Gasteiger partial charge in [-0.1, -0.05) is 12.1 Å². The maximum atomic E-state index is 12.4. The molecule has 0 aliphatic heterocycles. The molecule has 0 aliphatic rings.